The van der Waals surface area contributed by atoms with E-state index in [9.17, 15) is 5.11 Å². The standard InChI is InChI=1S/C8H13NO/c1-2-6-9-7-4-3-5-8(7)10/h1,7-10H,3-6H2/t7-,8-/m1/s1. The Morgan fingerprint density at radius 1 is 1.60 bits per heavy atom. The molecule has 1 saturated carbocycles. The van der Waals surface area contributed by atoms with Gasteiger partial charge in [-0.2, -0.15) is 0 Å². The summed E-state index contributed by atoms with van der Waals surface area (Å²) >= 11 is 0. The lowest BCUT2D eigenvalue weighted by molar-refractivity contribution is 0.151. The molecule has 2 atom stereocenters. The second-order valence-corrected chi connectivity index (χ2v) is 2.69. The molecule has 0 saturated heterocycles. The zero-order chi connectivity index (χ0) is 7.40. The Morgan fingerprint density at radius 3 is 2.90 bits per heavy atom. The lowest BCUT2D eigenvalue weighted by Crippen LogP contribution is -2.35. The molecule has 0 aliphatic heterocycles. The van der Waals surface area contributed by atoms with Gasteiger partial charge in [-0.15, -0.1) is 6.42 Å². The fourth-order valence-corrected chi connectivity index (χ4v) is 1.37. The first-order valence-corrected chi connectivity index (χ1v) is 3.69. The van der Waals surface area contributed by atoms with Crippen molar-refractivity contribution in [3.8, 4) is 12.3 Å². The van der Waals surface area contributed by atoms with Crippen LogP contribution in [0.5, 0.6) is 0 Å². The van der Waals surface area contributed by atoms with E-state index in [1.54, 1.807) is 0 Å². The van der Waals surface area contributed by atoms with Crippen LogP contribution in [0.1, 0.15) is 19.3 Å². The molecule has 2 nitrogen and oxygen atoms in total. The van der Waals surface area contributed by atoms with Crippen LogP contribution in [0.25, 0.3) is 0 Å². The van der Waals surface area contributed by atoms with Crippen molar-refractivity contribution in [3.63, 3.8) is 0 Å². The summed E-state index contributed by atoms with van der Waals surface area (Å²) in [5, 5.41) is 12.4. The van der Waals surface area contributed by atoms with Gasteiger partial charge in [0.1, 0.15) is 0 Å². The second kappa shape index (κ2) is 3.60. The second-order valence-electron chi connectivity index (χ2n) is 2.69. The Balaban J connectivity index is 2.21. The molecule has 0 aromatic heterocycles. The van der Waals surface area contributed by atoms with Crippen LogP contribution in [-0.2, 0) is 0 Å². The summed E-state index contributed by atoms with van der Waals surface area (Å²) in [6.07, 6.45) is 7.98. The molecule has 0 aromatic rings. The van der Waals surface area contributed by atoms with Crippen molar-refractivity contribution < 1.29 is 5.11 Å². The van der Waals surface area contributed by atoms with Gasteiger partial charge in [0.15, 0.2) is 0 Å². The van der Waals surface area contributed by atoms with E-state index in [2.05, 4.69) is 11.2 Å². The average Bonchev–Trinajstić information content (AvgIpc) is 2.31. The number of aliphatic hydroxyl groups excluding tert-OH is 1. The fourth-order valence-electron chi connectivity index (χ4n) is 1.37. The van der Waals surface area contributed by atoms with Crippen LogP contribution in [0.2, 0.25) is 0 Å². The largest absolute Gasteiger partial charge is 0.392 e. The van der Waals surface area contributed by atoms with E-state index < -0.39 is 0 Å². The van der Waals surface area contributed by atoms with E-state index in [1.807, 2.05) is 0 Å². The predicted octanol–water partition coefficient (Wildman–Crippen LogP) is 0.123. The lowest BCUT2D eigenvalue weighted by Gasteiger charge is -2.13. The summed E-state index contributed by atoms with van der Waals surface area (Å²) in [4.78, 5) is 0. The average molecular weight is 139 g/mol. The highest BCUT2D eigenvalue weighted by Gasteiger charge is 2.23. The molecule has 2 heteroatoms. The Kier molecular flexibility index (Phi) is 2.73. The topological polar surface area (TPSA) is 32.3 Å². The van der Waals surface area contributed by atoms with Crippen molar-refractivity contribution in [1.82, 2.24) is 5.32 Å². The number of terminal acetylenes is 1. The smallest absolute Gasteiger partial charge is 0.0693 e. The van der Waals surface area contributed by atoms with Gasteiger partial charge < -0.3 is 10.4 Å². The molecule has 1 aliphatic carbocycles. The Hall–Kier alpha value is -0.520. The monoisotopic (exact) mass is 139 g/mol. The molecule has 2 N–H and O–H groups in total. The van der Waals surface area contributed by atoms with Gasteiger partial charge in [0.05, 0.1) is 12.6 Å². The predicted molar refractivity (Wildman–Crippen MR) is 40.5 cm³/mol. The third-order valence-electron chi connectivity index (χ3n) is 1.95. The van der Waals surface area contributed by atoms with E-state index in [0.717, 1.165) is 19.3 Å². The molecule has 1 aliphatic rings. The fraction of sp³-hybridized carbons (Fsp3) is 0.750. The summed E-state index contributed by atoms with van der Waals surface area (Å²) in [5.74, 6) is 2.49. The molecule has 0 heterocycles. The molecule has 0 radical (unpaired) electrons. The highest BCUT2D eigenvalue weighted by Crippen LogP contribution is 2.18. The van der Waals surface area contributed by atoms with Crippen molar-refractivity contribution >= 4 is 0 Å². The van der Waals surface area contributed by atoms with Crippen LogP contribution in [0.15, 0.2) is 0 Å². The van der Waals surface area contributed by atoms with E-state index in [4.69, 9.17) is 6.42 Å². The normalized spacial score (nSPS) is 32.0. The molecule has 0 spiro atoms. The minimum atomic E-state index is -0.173. The summed E-state index contributed by atoms with van der Waals surface area (Å²) < 4.78 is 0. The minimum Gasteiger partial charge on any atom is -0.392 e. The van der Waals surface area contributed by atoms with Gasteiger partial charge in [0.2, 0.25) is 0 Å². The Bertz CT molecular complexity index is 139. The van der Waals surface area contributed by atoms with Gasteiger partial charge in [-0.3, -0.25) is 0 Å². The van der Waals surface area contributed by atoms with Crippen LogP contribution in [0, 0.1) is 12.3 Å². The SMILES string of the molecule is C#CCN[C@@H]1CCC[C@H]1O. The maximum Gasteiger partial charge on any atom is 0.0693 e. The van der Waals surface area contributed by atoms with Gasteiger partial charge >= 0.3 is 0 Å². The first-order chi connectivity index (χ1) is 4.84. The molecule has 0 bridgehead atoms. The third kappa shape index (κ3) is 1.73. The maximum atomic E-state index is 9.28. The van der Waals surface area contributed by atoms with Gasteiger partial charge in [-0.25, -0.2) is 0 Å². The zero-order valence-corrected chi connectivity index (χ0v) is 6.01. The molecule has 10 heavy (non-hydrogen) atoms. The summed E-state index contributed by atoms with van der Waals surface area (Å²) in [6, 6.07) is 0.246. The summed E-state index contributed by atoms with van der Waals surface area (Å²) in [7, 11) is 0. The number of rotatable bonds is 2. The third-order valence-corrected chi connectivity index (χ3v) is 1.95. The minimum absolute atomic E-state index is 0.173. The quantitative estimate of drug-likeness (QED) is 0.533. The highest BCUT2D eigenvalue weighted by molar-refractivity contribution is 4.91. The van der Waals surface area contributed by atoms with Gasteiger partial charge in [0.25, 0.3) is 0 Å². The van der Waals surface area contributed by atoms with Gasteiger partial charge in [0, 0.05) is 6.04 Å². The van der Waals surface area contributed by atoms with Crippen LogP contribution in [0.4, 0.5) is 0 Å². The molecular formula is C8H13NO. The lowest BCUT2D eigenvalue weighted by atomic mass is 10.2. The Labute approximate surface area is 61.6 Å². The van der Waals surface area contributed by atoms with Crippen molar-refractivity contribution in [2.75, 3.05) is 6.54 Å². The van der Waals surface area contributed by atoms with Gasteiger partial charge in [-0.1, -0.05) is 5.92 Å². The first kappa shape index (κ1) is 7.59. The highest BCUT2D eigenvalue weighted by atomic mass is 16.3. The number of aliphatic hydroxyl groups is 1. The van der Waals surface area contributed by atoms with Crippen LogP contribution >= 0.6 is 0 Å². The van der Waals surface area contributed by atoms with Crippen LogP contribution in [-0.4, -0.2) is 23.8 Å². The number of hydrogen-bond donors (Lipinski definition) is 2. The molecular weight excluding hydrogens is 126 g/mol. The molecule has 0 unspecified atom stereocenters. The molecule has 0 aromatic carbocycles. The van der Waals surface area contributed by atoms with E-state index in [1.165, 1.54) is 0 Å². The Morgan fingerprint density at radius 2 is 2.40 bits per heavy atom. The molecule has 0 amide bonds. The van der Waals surface area contributed by atoms with E-state index >= 15 is 0 Å². The van der Waals surface area contributed by atoms with Crippen molar-refractivity contribution in [2.45, 2.75) is 31.4 Å². The first-order valence-electron chi connectivity index (χ1n) is 3.69. The van der Waals surface area contributed by atoms with Crippen LogP contribution < -0.4 is 5.32 Å². The van der Waals surface area contributed by atoms with E-state index in [0.29, 0.717) is 6.54 Å². The van der Waals surface area contributed by atoms with E-state index in [-0.39, 0.29) is 12.1 Å². The molecule has 1 rings (SSSR count). The van der Waals surface area contributed by atoms with Gasteiger partial charge in [-0.05, 0) is 19.3 Å². The van der Waals surface area contributed by atoms with Crippen molar-refractivity contribution in [2.24, 2.45) is 0 Å². The van der Waals surface area contributed by atoms with Crippen LogP contribution in [0.3, 0.4) is 0 Å². The maximum absolute atomic E-state index is 9.28. The zero-order valence-electron chi connectivity index (χ0n) is 6.01. The number of nitrogens with one attached hydrogen (secondary N) is 1. The van der Waals surface area contributed by atoms with Crippen molar-refractivity contribution in [3.05, 3.63) is 0 Å². The molecule has 56 valence electrons. The summed E-state index contributed by atoms with van der Waals surface area (Å²) in [5.41, 5.74) is 0. The van der Waals surface area contributed by atoms with Crippen molar-refractivity contribution in [1.29, 1.82) is 0 Å². The summed E-state index contributed by atoms with van der Waals surface area (Å²) in [6.45, 7) is 0.571. The molecule has 1 fully saturated rings. The number of hydrogen-bond acceptors (Lipinski definition) is 2.